The molecule has 0 saturated heterocycles. The molecule has 0 atom stereocenters. The van der Waals surface area contributed by atoms with Crippen molar-refractivity contribution in [2.45, 2.75) is 13.0 Å². The SMILES string of the molecule is O=C(Cc1ccc(Cl)c(Cl)c1)OCc1cc(Cl)c2c(c1)OCO2. The lowest BCUT2D eigenvalue weighted by atomic mass is 10.1. The molecule has 1 aliphatic rings. The molecule has 0 bridgehead atoms. The Balaban J connectivity index is 1.61. The Morgan fingerprint density at radius 3 is 2.57 bits per heavy atom. The minimum absolute atomic E-state index is 0.0938. The summed E-state index contributed by atoms with van der Waals surface area (Å²) in [7, 11) is 0. The summed E-state index contributed by atoms with van der Waals surface area (Å²) in [6.07, 6.45) is 0.106. The Labute approximate surface area is 147 Å². The highest BCUT2D eigenvalue weighted by Crippen LogP contribution is 2.39. The first kappa shape index (κ1) is 16.2. The number of hydrogen-bond donors (Lipinski definition) is 0. The van der Waals surface area contributed by atoms with E-state index in [1.165, 1.54) is 0 Å². The maximum absolute atomic E-state index is 11.9. The fraction of sp³-hybridized carbons (Fsp3) is 0.188. The molecule has 1 heterocycles. The third kappa shape index (κ3) is 3.83. The molecular formula is C16H11Cl3O4. The third-order valence-corrected chi connectivity index (χ3v) is 4.24. The fourth-order valence-corrected chi connectivity index (χ4v) is 2.74. The molecule has 0 aliphatic carbocycles. The van der Waals surface area contributed by atoms with Gasteiger partial charge in [-0.1, -0.05) is 40.9 Å². The zero-order valence-corrected chi connectivity index (χ0v) is 14.0. The second-order valence-corrected chi connectivity index (χ2v) is 6.12. The quantitative estimate of drug-likeness (QED) is 0.731. The lowest BCUT2D eigenvalue weighted by Gasteiger charge is -2.07. The molecule has 0 radical (unpaired) electrons. The summed E-state index contributed by atoms with van der Waals surface area (Å²) >= 11 is 17.8. The van der Waals surface area contributed by atoms with Gasteiger partial charge in [-0.2, -0.15) is 0 Å². The molecule has 2 aromatic carbocycles. The topological polar surface area (TPSA) is 44.8 Å². The van der Waals surface area contributed by atoms with Crippen molar-refractivity contribution in [2.24, 2.45) is 0 Å². The van der Waals surface area contributed by atoms with Gasteiger partial charge in [0.2, 0.25) is 6.79 Å². The normalized spacial score (nSPS) is 12.3. The zero-order valence-electron chi connectivity index (χ0n) is 11.8. The largest absolute Gasteiger partial charge is 0.461 e. The summed E-state index contributed by atoms with van der Waals surface area (Å²) in [6.45, 7) is 0.228. The minimum Gasteiger partial charge on any atom is -0.461 e. The van der Waals surface area contributed by atoms with Crippen LogP contribution in [0, 0.1) is 0 Å². The van der Waals surface area contributed by atoms with Crippen molar-refractivity contribution in [3.05, 3.63) is 56.5 Å². The molecule has 23 heavy (non-hydrogen) atoms. The summed E-state index contributed by atoms with van der Waals surface area (Å²) in [4.78, 5) is 11.9. The second kappa shape index (κ2) is 6.87. The van der Waals surface area contributed by atoms with Crippen LogP contribution < -0.4 is 9.47 Å². The van der Waals surface area contributed by atoms with Gasteiger partial charge in [0.15, 0.2) is 11.5 Å². The van der Waals surface area contributed by atoms with Crippen molar-refractivity contribution in [1.82, 2.24) is 0 Å². The lowest BCUT2D eigenvalue weighted by molar-refractivity contribution is -0.144. The molecule has 0 fully saturated rings. The number of hydrogen-bond acceptors (Lipinski definition) is 4. The summed E-state index contributed by atoms with van der Waals surface area (Å²) in [5, 5.41) is 1.27. The number of carbonyl (C=O) groups excluding carboxylic acids is 1. The van der Waals surface area contributed by atoms with E-state index in [0.29, 0.717) is 26.6 Å². The van der Waals surface area contributed by atoms with Gasteiger partial charge in [0.25, 0.3) is 0 Å². The van der Waals surface area contributed by atoms with Gasteiger partial charge in [-0.25, -0.2) is 0 Å². The summed E-state index contributed by atoms with van der Waals surface area (Å²) < 4.78 is 15.7. The number of ether oxygens (including phenoxy) is 3. The molecule has 1 aliphatic heterocycles. The predicted molar refractivity (Wildman–Crippen MR) is 87.5 cm³/mol. The maximum atomic E-state index is 11.9. The van der Waals surface area contributed by atoms with Crippen LogP contribution >= 0.6 is 34.8 Å². The molecule has 7 heteroatoms. The Morgan fingerprint density at radius 1 is 1.00 bits per heavy atom. The number of halogens is 3. The van der Waals surface area contributed by atoms with Gasteiger partial charge in [-0.3, -0.25) is 4.79 Å². The number of rotatable bonds is 4. The van der Waals surface area contributed by atoms with Crippen LogP contribution in [0.4, 0.5) is 0 Å². The van der Waals surface area contributed by atoms with Gasteiger partial charge in [-0.05, 0) is 35.4 Å². The Morgan fingerprint density at radius 2 is 1.78 bits per heavy atom. The van der Waals surface area contributed by atoms with E-state index in [4.69, 9.17) is 49.0 Å². The standard InChI is InChI=1S/C16H11Cl3O4/c17-11-2-1-9(3-12(11)18)6-15(20)21-7-10-4-13(19)16-14(5-10)22-8-23-16/h1-5H,6-8H2. The van der Waals surface area contributed by atoms with E-state index in [9.17, 15) is 4.79 Å². The van der Waals surface area contributed by atoms with Crippen LogP contribution in [-0.4, -0.2) is 12.8 Å². The van der Waals surface area contributed by atoms with E-state index in [1.54, 1.807) is 30.3 Å². The molecule has 2 aromatic rings. The molecule has 120 valence electrons. The van der Waals surface area contributed by atoms with E-state index in [2.05, 4.69) is 0 Å². The summed E-state index contributed by atoms with van der Waals surface area (Å²) in [5.41, 5.74) is 1.45. The van der Waals surface area contributed by atoms with Crippen molar-refractivity contribution >= 4 is 40.8 Å². The Hall–Kier alpha value is -1.62. The van der Waals surface area contributed by atoms with Gasteiger partial charge in [0.1, 0.15) is 6.61 Å². The molecule has 0 saturated carbocycles. The van der Waals surface area contributed by atoms with Crippen LogP contribution in [0.1, 0.15) is 11.1 Å². The molecule has 0 aromatic heterocycles. The lowest BCUT2D eigenvalue weighted by Crippen LogP contribution is -2.08. The molecular weight excluding hydrogens is 363 g/mol. The zero-order chi connectivity index (χ0) is 16.4. The van der Waals surface area contributed by atoms with Crippen LogP contribution in [-0.2, 0) is 22.6 Å². The molecule has 0 unspecified atom stereocenters. The van der Waals surface area contributed by atoms with Crippen molar-refractivity contribution in [1.29, 1.82) is 0 Å². The van der Waals surface area contributed by atoms with Crippen molar-refractivity contribution < 1.29 is 19.0 Å². The number of esters is 1. The highest BCUT2D eigenvalue weighted by molar-refractivity contribution is 6.42. The van der Waals surface area contributed by atoms with Crippen LogP contribution in [0.15, 0.2) is 30.3 Å². The Bertz CT molecular complexity index is 761. The van der Waals surface area contributed by atoms with Crippen molar-refractivity contribution in [2.75, 3.05) is 6.79 Å². The van der Waals surface area contributed by atoms with E-state index >= 15 is 0 Å². The van der Waals surface area contributed by atoms with Crippen LogP contribution in [0.3, 0.4) is 0 Å². The molecule has 0 amide bonds. The van der Waals surface area contributed by atoms with Crippen molar-refractivity contribution in [3.8, 4) is 11.5 Å². The first-order chi connectivity index (χ1) is 11.0. The first-order valence-corrected chi connectivity index (χ1v) is 7.84. The van der Waals surface area contributed by atoms with E-state index in [0.717, 1.165) is 11.1 Å². The van der Waals surface area contributed by atoms with E-state index in [1.807, 2.05) is 0 Å². The van der Waals surface area contributed by atoms with Gasteiger partial charge >= 0.3 is 5.97 Å². The average Bonchev–Trinajstić information content (AvgIpc) is 2.98. The van der Waals surface area contributed by atoms with Gasteiger partial charge in [0.05, 0.1) is 21.5 Å². The first-order valence-electron chi connectivity index (χ1n) is 6.70. The fourth-order valence-electron chi connectivity index (χ4n) is 2.14. The van der Waals surface area contributed by atoms with E-state index in [-0.39, 0.29) is 25.8 Å². The number of carbonyl (C=O) groups is 1. The highest BCUT2D eigenvalue weighted by Gasteiger charge is 2.18. The van der Waals surface area contributed by atoms with Gasteiger partial charge in [-0.15, -0.1) is 0 Å². The molecule has 3 rings (SSSR count). The van der Waals surface area contributed by atoms with Gasteiger partial charge < -0.3 is 14.2 Å². The molecule has 4 nitrogen and oxygen atoms in total. The monoisotopic (exact) mass is 372 g/mol. The second-order valence-electron chi connectivity index (χ2n) is 4.90. The van der Waals surface area contributed by atoms with Crippen molar-refractivity contribution in [3.63, 3.8) is 0 Å². The van der Waals surface area contributed by atoms with Crippen LogP contribution in [0.25, 0.3) is 0 Å². The van der Waals surface area contributed by atoms with Crippen LogP contribution in [0.2, 0.25) is 15.1 Å². The highest BCUT2D eigenvalue weighted by atomic mass is 35.5. The maximum Gasteiger partial charge on any atom is 0.310 e. The van der Waals surface area contributed by atoms with Crippen LogP contribution in [0.5, 0.6) is 11.5 Å². The number of fused-ring (bicyclic) bond motifs is 1. The number of benzene rings is 2. The smallest absolute Gasteiger partial charge is 0.310 e. The average molecular weight is 374 g/mol. The van der Waals surface area contributed by atoms with E-state index < -0.39 is 0 Å². The minimum atomic E-state index is -0.378. The van der Waals surface area contributed by atoms with Gasteiger partial charge in [0, 0.05) is 0 Å². The molecule has 0 spiro atoms. The third-order valence-electron chi connectivity index (χ3n) is 3.22. The predicted octanol–water partition coefficient (Wildman–Crippen LogP) is 4.66. The molecule has 0 N–H and O–H groups in total. The summed E-state index contributed by atoms with van der Waals surface area (Å²) in [6, 6.07) is 8.43. The Kier molecular flexibility index (Phi) is 4.85. The summed E-state index contributed by atoms with van der Waals surface area (Å²) in [5.74, 6) is 0.683.